The van der Waals surface area contributed by atoms with Gasteiger partial charge in [-0.2, -0.15) is 0 Å². The highest BCUT2D eigenvalue weighted by molar-refractivity contribution is 5.79. The predicted molar refractivity (Wildman–Crippen MR) is 75.5 cm³/mol. The third-order valence-corrected chi connectivity index (χ3v) is 4.78. The summed E-state index contributed by atoms with van der Waals surface area (Å²) in [6.45, 7) is 4.32. The molecule has 0 bridgehead atoms. The first-order valence-electron chi connectivity index (χ1n) is 7.39. The van der Waals surface area contributed by atoms with Gasteiger partial charge in [0.2, 0.25) is 0 Å². The van der Waals surface area contributed by atoms with E-state index in [1.165, 1.54) is 0 Å². The van der Waals surface area contributed by atoms with Gasteiger partial charge < -0.3 is 20.6 Å². The Balaban J connectivity index is 1.77. The number of rotatable bonds is 4. The third kappa shape index (κ3) is 3.23. The number of carboxylic acid groups (broad SMARTS) is 1. The molecule has 2 atom stereocenters. The van der Waals surface area contributed by atoms with Crippen LogP contribution in [0.25, 0.3) is 0 Å². The molecule has 1 saturated heterocycles. The van der Waals surface area contributed by atoms with E-state index in [9.17, 15) is 14.7 Å². The van der Waals surface area contributed by atoms with Crippen molar-refractivity contribution in [1.82, 2.24) is 15.5 Å². The predicted octanol–water partition coefficient (Wildman–Crippen LogP) is 0.881. The molecule has 2 aliphatic rings. The van der Waals surface area contributed by atoms with Gasteiger partial charge in [0.1, 0.15) is 0 Å². The minimum absolute atomic E-state index is 0.174. The molecule has 2 unspecified atom stereocenters. The zero-order valence-corrected chi connectivity index (χ0v) is 12.3. The largest absolute Gasteiger partial charge is 0.481 e. The average molecular weight is 283 g/mol. The summed E-state index contributed by atoms with van der Waals surface area (Å²) in [6.07, 6.45) is 3.19. The number of amides is 2. The number of carbonyl (C=O) groups excluding carboxylic acids is 1. The molecule has 2 amide bonds. The lowest BCUT2D eigenvalue weighted by molar-refractivity contribution is -0.153. The van der Waals surface area contributed by atoms with Crippen molar-refractivity contribution in [3.63, 3.8) is 0 Å². The molecule has 0 radical (unpaired) electrons. The SMILES string of the molecule is CC1CN(C)CCC1NC(=O)NCC1(C(=O)O)CCC1. The van der Waals surface area contributed by atoms with E-state index in [0.717, 1.165) is 25.9 Å². The number of carboxylic acids is 1. The fourth-order valence-electron chi connectivity index (χ4n) is 3.11. The Morgan fingerprint density at radius 3 is 2.60 bits per heavy atom. The fourth-order valence-corrected chi connectivity index (χ4v) is 3.11. The zero-order valence-electron chi connectivity index (χ0n) is 12.3. The van der Waals surface area contributed by atoms with Crippen molar-refractivity contribution in [3.8, 4) is 0 Å². The maximum atomic E-state index is 11.9. The van der Waals surface area contributed by atoms with Gasteiger partial charge >= 0.3 is 12.0 Å². The van der Waals surface area contributed by atoms with Crippen molar-refractivity contribution in [2.45, 2.75) is 38.6 Å². The highest BCUT2D eigenvalue weighted by atomic mass is 16.4. The van der Waals surface area contributed by atoms with Crippen LogP contribution in [0.15, 0.2) is 0 Å². The van der Waals surface area contributed by atoms with Gasteiger partial charge in [-0.05, 0) is 38.8 Å². The van der Waals surface area contributed by atoms with Crippen LogP contribution < -0.4 is 10.6 Å². The molecule has 114 valence electrons. The Morgan fingerprint density at radius 2 is 2.10 bits per heavy atom. The number of hydrogen-bond acceptors (Lipinski definition) is 3. The van der Waals surface area contributed by atoms with E-state index in [1.807, 2.05) is 0 Å². The van der Waals surface area contributed by atoms with Crippen LogP contribution in [0.3, 0.4) is 0 Å². The smallest absolute Gasteiger partial charge is 0.315 e. The van der Waals surface area contributed by atoms with E-state index in [1.54, 1.807) is 0 Å². The van der Waals surface area contributed by atoms with E-state index >= 15 is 0 Å². The van der Waals surface area contributed by atoms with Gasteiger partial charge in [-0.15, -0.1) is 0 Å². The molecule has 0 aromatic carbocycles. The summed E-state index contributed by atoms with van der Waals surface area (Å²) in [5, 5.41) is 14.9. The minimum atomic E-state index is -0.795. The molecule has 3 N–H and O–H groups in total. The van der Waals surface area contributed by atoms with Crippen LogP contribution >= 0.6 is 0 Å². The van der Waals surface area contributed by atoms with E-state index in [4.69, 9.17) is 0 Å². The van der Waals surface area contributed by atoms with Crippen molar-refractivity contribution in [3.05, 3.63) is 0 Å². The third-order valence-electron chi connectivity index (χ3n) is 4.78. The van der Waals surface area contributed by atoms with Gasteiger partial charge in [0.15, 0.2) is 0 Å². The van der Waals surface area contributed by atoms with E-state index < -0.39 is 11.4 Å². The second-order valence-corrected chi connectivity index (χ2v) is 6.40. The summed E-state index contributed by atoms with van der Waals surface area (Å²) in [5.74, 6) is -0.381. The summed E-state index contributed by atoms with van der Waals surface area (Å²) >= 11 is 0. The summed E-state index contributed by atoms with van der Waals surface area (Å²) in [7, 11) is 2.08. The van der Waals surface area contributed by atoms with Crippen LogP contribution in [0.5, 0.6) is 0 Å². The Labute approximate surface area is 119 Å². The standard InChI is InChI=1S/C14H25N3O3/c1-10-8-17(2)7-4-11(10)16-13(20)15-9-14(12(18)19)5-3-6-14/h10-11H,3-9H2,1-2H3,(H,18,19)(H2,15,16,20). The summed E-state index contributed by atoms with van der Waals surface area (Å²) in [4.78, 5) is 25.4. The van der Waals surface area contributed by atoms with Crippen molar-refractivity contribution < 1.29 is 14.7 Å². The van der Waals surface area contributed by atoms with Gasteiger partial charge in [0.25, 0.3) is 0 Å². The number of nitrogens with zero attached hydrogens (tertiary/aromatic N) is 1. The van der Waals surface area contributed by atoms with Crippen molar-refractivity contribution in [2.75, 3.05) is 26.7 Å². The molecule has 1 heterocycles. The van der Waals surface area contributed by atoms with Gasteiger partial charge in [0, 0.05) is 19.1 Å². The fraction of sp³-hybridized carbons (Fsp3) is 0.857. The number of piperidine rings is 1. The molecule has 1 aliphatic carbocycles. The highest BCUT2D eigenvalue weighted by Crippen LogP contribution is 2.40. The number of hydrogen-bond donors (Lipinski definition) is 3. The van der Waals surface area contributed by atoms with Crippen LogP contribution in [0.2, 0.25) is 0 Å². The molecule has 20 heavy (non-hydrogen) atoms. The molecule has 1 aliphatic heterocycles. The first-order valence-corrected chi connectivity index (χ1v) is 7.39. The second kappa shape index (κ2) is 5.99. The van der Waals surface area contributed by atoms with Crippen LogP contribution in [0.1, 0.15) is 32.6 Å². The van der Waals surface area contributed by atoms with Crippen molar-refractivity contribution in [2.24, 2.45) is 11.3 Å². The Kier molecular flexibility index (Phi) is 4.52. The molecule has 2 fully saturated rings. The monoisotopic (exact) mass is 283 g/mol. The summed E-state index contributed by atoms with van der Waals surface area (Å²) in [5.41, 5.74) is -0.726. The summed E-state index contributed by atoms with van der Waals surface area (Å²) in [6, 6.07) is -0.0627. The normalized spacial score (nSPS) is 29.3. The molecule has 6 nitrogen and oxygen atoms in total. The maximum Gasteiger partial charge on any atom is 0.315 e. The topological polar surface area (TPSA) is 81.7 Å². The molecule has 0 spiro atoms. The van der Waals surface area contributed by atoms with Crippen LogP contribution in [-0.2, 0) is 4.79 Å². The number of urea groups is 1. The lowest BCUT2D eigenvalue weighted by Gasteiger charge is -2.38. The summed E-state index contributed by atoms with van der Waals surface area (Å²) < 4.78 is 0. The Morgan fingerprint density at radius 1 is 1.40 bits per heavy atom. The van der Waals surface area contributed by atoms with Crippen LogP contribution in [0.4, 0.5) is 4.79 Å². The van der Waals surface area contributed by atoms with Crippen LogP contribution in [0, 0.1) is 11.3 Å². The molecule has 1 saturated carbocycles. The molecular weight excluding hydrogens is 258 g/mol. The number of aliphatic carboxylic acids is 1. The quantitative estimate of drug-likeness (QED) is 0.715. The lowest BCUT2D eigenvalue weighted by Crippen LogP contribution is -2.54. The Bertz CT molecular complexity index is 382. The van der Waals surface area contributed by atoms with Gasteiger partial charge in [0.05, 0.1) is 5.41 Å². The van der Waals surface area contributed by atoms with Crippen molar-refractivity contribution in [1.29, 1.82) is 0 Å². The number of carbonyl (C=O) groups is 2. The zero-order chi connectivity index (χ0) is 14.8. The minimum Gasteiger partial charge on any atom is -0.481 e. The molecule has 0 aromatic rings. The first-order chi connectivity index (χ1) is 9.43. The van der Waals surface area contributed by atoms with E-state index in [-0.39, 0.29) is 18.6 Å². The Hall–Kier alpha value is -1.30. The van der Waals surface area contributed by atoms with Crippen LogP contribution in [-0.4, -0.2) is 54.7 Å². The number of nitrogens with one attached hydrogen (secondary N) is 2. The molecule has 6 heteroatoms. The number of likely N-dealkylation sites (tertiary alicyclic amines) is 1. The van der Waals surface area contributed by atoms with Gasteiger partial charge in [-0.1, -0.05) is 13.3 Å². The van der Waals surface area contributed by atoms with E-state index in [0.29, 0.717) is 18.8 Å². The molecule has 0 aromatic heterocycles. The highest BCUT2D eigenvalue weighted by Gasteiger charge is 2.44. The average Bonchev–Trinajstić information content (AvgIpc) is 2.31. The van der Waals surface area contributed by atoms with Gasteiger partial charge in [-0.25, -0.2) is 4.79 Å². The lowest BCUT2D eigenvalue weighted by atomic mass is 9.69. The van der Waals surface area contributed by atoms with Crippen molar-refractivity contribution >= 4 is 12.0 Å². The second-order valence-electron chi connectivity index (χ2n) is 6.40. The molecule has 2 rings (SSSR count). The first kappa shape index (κ1) is 15.1. The molecular formula is C14H25N3O3. The van der Waals surface area contributed by atoms with Gasteiger partial charge in [-0.3, -0.25) is 4.79 Å². The van der Waals surface area contributed by atoms with E-state index in [2.05, 4.69) is 29.5 Å². The maximum absolute atomic E-state index is 11.9.